The Morgan fingerprint density at radius 3 is 2.65 bits per heavy atom. The second kappa shape index (κ2) is 6.01. The molecule has 2 rings (SSSR count). The Morgan fingerprint density at radius 1 is 1.30 bits per heavy atom. The van der Waals surface area contributed by atoms with Gasteiger partial charge in [0.1, 0.15) is 5.69 Å². The fraction of sp³-hybridized carbons (Fsp3) is 0.214. The predicted octanol–water partition coefficient (Wildman–Crippen LogP) is 1.85. The van der Waals surface area contributed by atoms with Gasteiger partial charge in [-0.2, -0.15) is 5.10 Å². The third kappa shape index (κ3) is 3.03. The summed E-state index contributed by atoms with van der Waals surface area (Å²) in [5.41, 5.74) is 1.07. The van der Waals surface area contributed by atoms with Crippen molar-refractivity contribution in [2.45, 2.75) is 6.92 Å². The summed E-state index contributed by atoms with van der Waals surface area (Å²) >= 11 is 0. The molecule has 0 spiro atoms. The molecule has 1 aromatic carbocycles. The third-order valence-electron chi connectivity index (χ3n) is 2.63. The van der Waals surface area contributed by atoms with Gasteiger partial charge in [-0.3, -0.25) is 9.48 Å². The molecule has 1 N–H and O–H groups in total. The first kappa shape index (κ1) is 13.8. The number of benzene rings is 1. The van der Waals surface area contributed by atoms with Gasteiger partial charge in [-0.1, -0.05) is 18.2 Å². The largest absolute Gasteiger partial charge is 0.461 e. The first-order valence-electron chi connectivity index (χ1n) is 6.19. The van der Waals surface area contributed by atoms with Gasteiger partial charge in [-0.15, -0.1) is 0 Å². The Bertz CT molecular complexity index is 620. The third-order valence-corrected chi connectivity index (χ3v) is 2.63. The highest BCUT2D eigenvalue weighted by Crippen LogP contribution is 2.10. The molecule has 0 bridgehead atoms. The maximum Gasteiger partial charge on any atom is 0.356 e. The first-order chi connectivity index (χ1) is 9.61. The first-order valence-corrected chi connectivity index (χ1v) is 6.19. The van der Waals surface area contributed by atoms with Crippen LogP contribution in [0.1, 0.15) is 27.9 Å². The highest BCUT2D eigenvalue weighted by molar-refractivity contribution is 6.04. The summed E-state index contributed by atoms with van der Waals surface area (Å²) in [5.74, 6) is -0.872. The van der Waals surface area contributed by atoms with Gasteiger partial charge in [0.05, 0.1) is 6.61 Å². The molecule has 0 aliphatic rings. The number of ether oxygens (including phenoxy) is 1. The molecule has 0 aliphatic heterocycles. The van der Waals surface area contributed by atoms with Crippen LogP contribution in [0.25, 0.3) is 0 Å². The van der Waals surface area contributed by atoms with Gasteiger partial charge in [-0.05, 0) is 19.1 Å². The van der Waals surface area contributed by atoms with Crippen LogP contribution in [0.3, 0.4) is 0 Å². The number of amides is 1. The van der Waals surface area contributed by atoms with E-state index in [0.29, 0.717) is 5.69 Å². The Labute approximate surface area is 116 Å². The molecule has 2 aromatic rings. The van der Waals surface area contributed by atoms with Crippen LogP contribution in [0.2, 0.25) is 0 Å². The lowest BCUT2D eigenvalue weighted by Gasteiger charge is -2.01. The highest BCUT2D eigenvalue weighted by Gasteiger charge is 2.18. The van der Waals surface area contributed by atoms with Crippen molar-refractivity contribution in [2.24, 2.45) is 7.05 Å². The maximum atomic E-state index is 12.0. The van der Waals surface area contributed by atoms with Crippen molar-refractivity contribution in [1.29, 1.82) is 0 Å². The average molecular weight is 273 g/mol. The number of nitrogens with zero attached hydrogens (tertiary/aromatic N) is 2. The number of carbonyl (C=O) groups excluding carboxylic acids is 2. The van der Waals surface area contributed by atoms with E-state index in [1.165, 1.54) is 10.7 Å². The molecule has 20 heavy (non-hydrogen) atoms. The van der Waals surface area contributed by atoms with Gasteiger partial charge >= 0.3 is 5.97 Å². The smallest absolute Gasteiger partial charge is 0.356 e. The zero-order valence-corrected chi connectivity index (χ0v) is 11.3. The summed E-state index contributed by atoms with van der Waals surface area (Å²) < 4.78 is 6.22. The van der Waals surface area contributed by atoms with Crippen molar-refractivity contribution in [3.05, 3.63) is 47.8 Å². The van der Waals surface area contributed by atoms with E-state index in [2.05, 4.69) is 10.4 Å². The van der Waals surface area contributed by atoms with Crippen LogP contribution < -0.4 is 5.32 Å². The number of anilines is 1. The van der Waals surface area contributed by atoms with Gasteiger partial charge in [0.15, 0.2) is 5.69 Å². The summed E-state index contributed by atoms with van der Waals surface area (Å²) in [6.45, 7) is 1.99. The minimum Gasteiger partial charge on any atom is -0.461 e. The number of carbonyl (C=O) groups is 2. The van der Waals surface area contributed by atoms with Crippen LogP contribution in [0, 0.1) is 0 Å². The molecule has 6 heteroatoms. The Hall–Kier alpha value is -2.63. The van der Waals surface area contributed by atoms with Crippen LogP contribution in [0.5, 0.6) is 0 Å². The fourth-order valence-corrected chi connectivity index (χ4v) is 1.69. The normalized spacial score (nSPS) is 10.1. The van der Waals surface area contributed by atoms with E-state index in [1.54, 1.807) is 26.1 Å². The number of nitrogens with one attached hydrogen (secondary N) is 1. The number of hydrogen-bond donors (Lipinski definition) is 1. The Balaban J connectivity index is 2.15. The van der Waals surface area contributed by atoms with Crippen molar-refractivity contribution >= 4 is 17.6 Å². The highest BCUT2D eigenvalue weighted by atomic mass is 16.5. The molecule has 0 aliphatic carbocycles. The lowest BCUT2D eigenvalue weighted by Crippen LogP contribution is -2.12. The second-order valence-corrected chi connectivity index (χ2v) is 4.08. The van der Waals surface area contributed by atoms with Gasteiger partial charge in [-0.25, -0.2) is 4.79 Å². The van der Waals surface area contributed by atoms with Gasteiger partial charge in [0.2, 0.25) is 0 Å². The molecular formula is C14H15N3O3. The SMILES string of the molecule is CCOC(=O)c1cc(C(=O)Nc2ccccc2)nn1C. The monoisotopic (exact) mass is 273 g/mol. The Kier molecular flexibility index (Phi) is 4.14. The average Bonchev–Trinajstić information content (AvgIpc) is 2.82. The van der Waals surface area contributed by atoms with Crippen LogP contribution >= 0.6 is 0 Å². The molecule has 0 saturated heterocycles. The summed E-state index contributed by atoms with van der Waals surface area (Å²) in [6.07, 6.45) is 0. The number of para-hydroxylation sites is 1. The van der Waals surface area contributed by atoms with Crippen molar-refractivity contribution in [3.8, 4) is 0 Å². The van der Waals surface area contributed by atoms with Gasteiger partial charge in [0.25, 0.3) is 5.91 Å². The molecule has 0 radical (unpaired) electrons. The maximum absolute atomic E-state index is 12.0. The van der Waals surface area contributed by atoms with Crippen LogP contribution in [-0.4, -0.2) is 28.3 Å². The molecular weight excluding hydrogens is 258 g/mol. The summed E-state index contributed by atoms with van der Waals surface area (Å²) in [4.78, 5) is 23.7. The predicted molar refractivity (Wildman–Crippen MR) is 73.6 cm³/mol. The van der Waals surface area contributed by atoms with E-state index >= 15 is 0 Å². The quantitative estimate of drug-likeness (QED) is 0.863. The standard InChI is InChI=1S/C14H15N3O3/c1-3-20-14(19)12-9-11(16-17(12)2)13(18)15-10-7-5-4-6-8-10/h4-9H,3H2,1-2H3,(H,15,18). The number of rotatable bonds is 4. The topological polar surface area (TPSA) is 73.2 Å². The Morgan fingerprint density at radius 2 is 2.00 bits per heavy atom. The molecule has 6 nitrogen and oxygen atoms in total. The van der Waals surface area contributed by atoms with Crippen LogP contribution in [0.4, 0.5) is 5.69 Å². The van der Waals surface area contributed by atoms with Crippen molar-refractivity contribution in [2.75, 3.05) is 11.9 Å². The molecule has 0 saturated carbocycles. The van der Waals surface area contributed by atoms with E-state index in [0.717, 1.165) is 0 Å². The summed E-state index contributed by atoms with van der Waals surface area (Å²) in [5, 5.41) is 6.72. The molecule has 1 amide bonds. The zero-order valence-electron chi connectivity index (χ0n) is 11.3. The van der Waals surface area contributed by atoms with E-state index < -0.39 is 5.97 Å². The number of hydrogen-bond acceptors (Lipinski definition) is 4. The molecule has 0 atom stereocenters. The number of aryl methyl sites for hydroxylation is 1. The lowest BCUT2D eigenvalue weighted by molar-refractivity contribution is 0.0513. The number of aromatic nitrogens is 2. The molecule has 1 heterocycles. The second-order valence-electron chi connectivity index (χ2n) is 4.08. The minimum atomic E-state index is -0.499. The van der Waals surface area contributed by atoms with Crippen molar-refractivity contribution in [1.82, 2.24) is 9.78 Å². The number of esters is 1. The zero-order chi connectivity index (χ0) is 14.5. The fourth-order valence-electron chi connectivity index (χ4n) is 1.69. The van der Waals surface area contributed by atoms with Crippen LogP contribution in [-0.2, 0) is 11.8 Å². The van der Waals surface area contributed by atoms with Crippen molar-refractivity contribution < 1.29 is 14.3 Å². The molecule has 1 aromatic heterocycles. The summed E-state index contributed by atoms with van der Waals surface area (Å²) in [7, 11) is 1.59. The molecule has 0 unspecified atom stereocenters. The van der Waals surface area contributed by atoms with E-state index in [4.69, 9.17) is 4.74 Å². The van der Waals surface area contributed by atoms with E-state index in [9.17, 15) is 9.59 Å². The van der Waals surface area contributed by atoms with Gasteiger partial charge < -0.3 is 10.1 Å². The van der Waals surface area contributed by atoms with Crippen LogP contribution in [0.15, 0.2) is 36.4 Å². The lowest BCUT2D eigenvalue weighted by atomic mass is 10.3. The molecule has 0 fully saturated rings. The molecule has 104 valence electrons. The van der Waals surface area contributed by atoms with Crippen molar-refractivity contribution in [3.63, 3.8) is 0 Å². The van der Waals surface area contributed by atoms with E-state index in [1.807, 2.05) is 18.2 Å². The summed E-state index contributed by atoms with van der Waals surface area (Å²) in [6, 6.07) is 10.4. The van der Waals surface area contributed by atoms with Gasteiger partial charge in [0, 0.05) is 18.8 Å². The van der Waals surface area contributed by atoms with E-state index in [-0.39, 0.29) is 23.9 Å². The minimum absolute atomic E-state index is 0.166.